The highest BCUT2D eigenvalue weighted by atomic mass is 16.2. The van der Waals surface area contributed by atoms with Crippen molar-refractivity contribution in [2.45, 2.75) is 45.1 Å². The summed E-state index contributed by atoms with van der Waals surface area (Å²) >= 11 is 0. The van der Waals surface area contributed by atoms with Crippen LogP contribution in [-0.4, -0.2) is 21.4 Å². The summed E-state index contributed by atoms with van der Waals surface area (Å²) in [7, 11) is 0. The van der Waals surface area contributed by atoms with E-state index in [1.165, 1.54) is 12.8 Å². The number of amides is 2. The number of nitrogens with one attached hydrogen (secondary N) is 1. The molecule has 2 atom stereocenters. The van der Waals surface area contributed by atoms with Crippen molar-refractivity contribution in [2.24, 2.45) is 11.8 Å². The smallest absolute Gasteiger partial charge is 0.230 e. The topological polar surface area (TPSA) is 64.0 Å². The number of rotatable bonds is 3. The van der Waals surface area contributed by atoms with E-state index in [1.54, 1.807) is 0 Å². The Balaban J connectivity index is 1.96. The van der Waals surface area contributed by atoms with Gasteiger partial charge in [-0.1, -0.05) is 13.8 Å². The second kappa shape index (κ2) is 4.47. The Morgan fingerprint density at radius 2 is 2.11 bits per heavy atom. The van der Waals surface area contributed by atoms with Crippen LogP contribution in [0.25, 0.3) is 0 Å². The van der Waals surface area contributed by atoms with Gasteiger partial charge in [0.25, 0.3) is 0 Å². The zero-order chi connectivity index (χ0) is 13.6. The van der Waals surface area contributed by atoms with Crippen molar-refractivity contribution >= 4 is 11.8 Å². The summed E-state index contributed by atoms with van der Waals surface area (Å²) in [4.78, 5) is 28.0. The van der Waals surface area contributed by atoms with Crippen LogP contribution in [0.15, 0.2) is 12.5 Å². The first kappa shape index (κ1) is 12.4. The predicted octanol–water partition coefficient (Wildman–Crippen LogP) is 1.62. The number of hydrogen-bond donors (Lipinski definition) is 1. The molecule has 1 saturated carbocycles. The second-order valence-electron chi connectivity index (χ2n) is 5.95. The Morgan fingerprint density at radius 3 is 2.74 bits per heavy atom. The van der Waals surface area contributed by atoms with Crippen LogP contribution in [-0.2, 0) is 9.59 Å². The fraction of sp³-hybridized carbons (Fsp3) is 0.643. The molecule has 102 valence electrons. The molecule has 0 aromatic carbocycles. The first-order valence-corrected chi connectivity index (χ1v) is 6.93. The standard InChI is InChI=1S/C14H19N3O2/c1-8(2)13-10(5-12(18)16-14(13)19)11-6-15-7-17(11)9-3-4-9/h6-10,13H,3-5H2,1-2H3,(H,16,18,19). The van der Waals surface area contributed by atoms with Gasteiger partial charge in [0.05, 0.1) is 6.33 Å². The Bertz CT molecular complexity index is 517. The van der Waals surface area contributed by atoms with Gasteiger partial charge in [0.15, 0.2) is 0 Å². The summed E-state index contributed by atoms with van der Waals surface area (Å²) in [6.45, 7) is 4.07. The lowest BCUT2D eigenvalue weighted by Gasteiger charge is -2.33. The third kappa shape index (κ3) is 2.17. The van der Waals surface area contributed by atoms with Crippen molar-refractivity contribution in [3.63, 3.8) is 0 Å². The van der Waals surface area contributed by atoms with E-state index in [0.29, 0.717) is 12.5 Å². The Hall–Kier alpha value is -1.65. The lowest BCUT2D eigenvalue weighted by molar-refractivity contribution is -0.138. The quantitative estimate of drug-likeness (QED) is 0.841. The molecule has 5 heteroatoms. The van der Waals surface area contributed by atoms with Crippen molar-refractivity contribution in [3.8, 4) is 0 Å². The lowest BCUT2D eigenvalue weighted by Crippen LogP contribution is -2.47. The van der Waals surface area contributed by atoms with E-state index >= 15 is 0 Å². The second-order valence-corrected chi connectivity index (χ2v) is 5.95. The maximum Gasteiger partial charge on any atom is 0.230 e. The van der Waals surface area contributed by atoms with Crippen LogP contribution in [0, 0.1) is 11.8 Å². The minimum Gasteiger partial charge on any atom is -0.331 e. The van der Waals surface area contributed by atoms with Crippen LogP contribution in [0.1, 0.15) is 50.8 Å². The van der Waals surface area contributed by atoms with Crippen molar-refractivity contribution in [2.75, 3.05) is 0 Å². The van der Waals surface area contributed by atoms with Gasteiger partial charge in [-0.3, -0.25) is 14.9 Å². The fourth-order valence-corrected chi connectivity index (χ4v) is 3.10. The molecule has 2 aliphatic rings. The van der Waals surface area contributed by atoms with Gasteiger partial charge in [-0.05, 0) is 18.8 Å². The third-order valence-corrected chi connectivity index (χ3v) is 4.14. The van der Waals surface area contributed by atoms with E-state index < -0.39 is 0 Å². The number of nitrogens with zero attached hydrogens (tertiary/aromatic N) is 2. The molecular weight excluding hydrogens is 242 g/mol. The summed E-state index contributed by atoms with van der Waals surface area (Å²) < 4.78 is 2.16. The van der Waals surface area contributed by atoms with Gasteiger partial charge in [-0.25, -0.2) is 4.98 Å². The molecule has 2 heterocycles. The summed E-state index contributed by atoms with van der Waals surface area (Å²) in [6.07, 6.45) is 6.38. The van der Waals surface area contributed by atoms with Gasteiger partial charge in [0.1, 0.15) is 0 Å². The minimum absolute atomic E-state index is 0.0376. The van der Waals surface area contributed by atoms with Gasteiger partial charge in [-0.15, -0.1) is 0 Å². The van der Waals surface area contributed by atoms with Gasteiger partial charge >= 0.3 is 0 Å². The Kier molecular flexibility index (Phi) is 2.92. The summed E-state index contributed by atoms with van der Waals surface area (Å²) in [5.74, 6) is -0.285. The van der Waals surface area contributed by atoms with E-state index in [4.69, 9.17) is 0 Å². The number of aromatic nitrogens is 2. The third-order valence-electron chi connectivity index (χ3n) is 4.14. The number of imidazole rings is 1. The van der Waals surface area contributed by atoms with E-state index in [2.05, 4.69) is 14.9 Å². The van der Waals surface area contributed by atoms with Crippen LogP contribution >= 0.6 is 0 Å². The molecule has 2 fully saturated rings. The van der Waals surface area contributed by atoms with Gasteiger partial charge in [-0.2, -0.15) is 0 Å². The number of imide groups is 1. The SMILES string of the molecule is CC(C)C1C(=O)NC(=O)CC1c1cncn1C1CC1. The van der Waals surface area contributed by atoms with Gasteiger partial charge < -0.3 is 4.57 Å². The Morgan fingerprint density at radius 1 is 1.37 bits per heavy atom. The summed E-state index contributed by atoms with van der Waals surface area (Å²) in [5.41, 5.74) is 1.05. The van der Waals surface area contributed by atoms with Crippen molar-refractivity contribution in [3.05, 3.63) is 18.2 Å². The molecule has 1 N–H and O–H groups in total. The largest absolute Gasteiger partial charge is 0.331 e. The molecule has 2 amide bonds. The van der Waals surface area contributed by atoms with Gasteiger partial charge in [0.2, 0.25) is 11.8 Å². The highest BCUT2D eigenvalue weighted by Gasteiger charge is 2.41. The van der Waals surface area contributed by atoms with Crippen LogP contribution in [0.3, 0.4) is 0 Å². The number of piperidine rings is 1. The molecule has 3 rings (SSSR count). The molecule has 1 aromatic rings. The summed E-state index contributed by atoms with van der Waals surface area (Å²) in [5, 5.41) is 2.46. The van der Waals surface area contributed by atoms with Crippen LogP contribution in [0.5, 0.6) is 0 Å². The fourth-order valence-electron chi connectivity index (χ4n) is 3.10. The highest BCUT2D eigenvalue weighted by Crippen LogP contribution is 2.41. The van der Waals surface area contributed by atoms with Crippen LogP contribution < -0.4 is 5.32 Å². The normalized spacial score (nSPS) is 27.7. The molecule has 0 bridgehead atoms. The predicted molar refractivity (Wildman–Crippen MR) is 69.3 cm³/mol. The number of carbonyl (C=O) groups excluding carboxylic acids is 2. The number of carbonyl (C=O) groups is 2. The van der Waals surface area contributed by atoms with E-state index in [1.807, 2.05) is 26.4 Å². The first-order chi connectivity index (χ1) is 9.08. The minimum atomic E-state index is -0.171. The molecule has 1 aliphatic carbocycles. The van der Waals surface area contributed by atoms with E-state index in [9.17, 15) is 9.59 Å². The monoisotopic (exact) mass is 261 g/mol. The molecule has 0 radical (unpaired) electrons. The van der Waals surface area contributed by atoms with Crippen molar-refractivity contribution in [1.82, 2.24) is 14.9 Å². The van der Waals surface area contributed by atoms with E-state index in [-0.39, 0.29) is 29.6 Å². The average molecular weight is 261 g/mol. The Labute approximate surface area is 112 Å². The molecule has 5 nitrogen and oxygen atoms in total. The van der Waals surface area contributed by atoms with Crippen molar-refractivity contribution < 1.29 is 9.59 Å². The lowest BCUT2D eigenvalue weighted by atomic mass is 9.76. The molecular formula is C14H19N3O2. The average Bonchev–Trinajstić information content (AvgIpc) is 3.05. The zero-order valence-corrected chi connectivity index (χ0v) is 11.3. The maximum absolute atomic E-state index is 12.1. The molecule has 1 aromatic heterocycles. The molecule has 19 heavy (non-hydrogen) atoms. The first-order valence-electron chi connectivity index (χ1n) is 6.93. The molecule has 1 saturated heterocycles. The molecule has 0 spiro atoms. The van der Waals surface area contributed by atoms with Gasteiger partial charge in [0, 0.05) is 36.2 Å². The maximum atomic E-state index is 12.1. The zero-order valence-electron chi connectivity index (χ0n) is 11.3. The number of hydrogen-bond acceptors (Lipinski definition) is 3. The summed E-state index contributed by atoms with van der Waals surface area (Å²) in [6, 6.07) is 0.519. The van der Waals surface area contributed by atoms with Crippen LogP contribution in [0.4, 0.5) is 0 Å². The molecule has 2 unspecified atom stereocenters. The molecule has 1 aliphatic heterocycles. The van der Waals surface area contributed by atoms with E-state index in [0.717, 1.165) is 5.69 Å². The van der Waals surface area contributed by atoms with Crippen LogP contribution in [0.2, 0.25) is 0 Å². The van der Waals surface area contributed by atoms with Crippen molar-refractivity contribution in [1.29, 1.82) is 0 Å². The highest BCUT2D eigenvalue weighted by molar-refractivity contribution is 5.99.